The third kappa shape index (κ3) is 5.37. The van der Waals surface area contributed by atoms with Gasteiger partial charge < -0.3 is 9.73 Å². The Morgan fingerprint density at radius 3 is 2.55 bits per heavy atom. The summed E-state index contributed by atoms with van der Waals surface area (Å²) in [4.78, 5) is 24.8. The molecule has 0 radical (unpaired) electrons. The number of ketones is 1. The van der Waals surface area contributed by atoms with Crippen LogP contribution in [0.2, 0.25) is 15.1 Å². The van der Waals surface area contributed by atoms with Gasteiger partial charge in [0.05, 0.1) is 31.7 Å². The molecular weight excluding hydrogens is 456 g/mol. The third-order valence-electron chi connectivity index (χ3n) is 4.88. The van der Waals surface area contributed by atoms with Crippen molar-refractivity contribution in [2.75, 3.05) is 5.32 Å². The molecule has 29 heavy (non-hydrogen) atoms. The summed E-state index contributed by atoms with van der Waals surface area (Å²) in [5.41, 5.74) is 0.133. The molecule has 0 aliphatic heterocycles. The molecule has 2 atom stereocenters. The van der Waals surface area contributed by atoms with Gasteiger partial charge in [-0.1, -0.05) is 52.8 Å². The smallest absolute Gasteiger partial charge is 0.346 e. The number of carbonyl (C=O) groups excluding carboxylic acids is 1. The number of benzene rings is 1. The number of nitrogens with one attached hydrogen (secondary N) is 1. The van der Waals surface area contributed by atoms with E-state index in [1.54, 1.807) is 31.2 Å². The van der Waals surface area contributed by atoms with Gasteiger partial charge in [-0.2, -0.15) is 0 Å². The van der Waals surface area contributed by atoms with E-state index < -0.39 is 11.7 Å². The van der Waals surface area contributed by atoms with Gasteiger partial charge in [0, 0.05) is 18.0 Å². The van der Waals surface area contributed by atoms with E-state index in [-0.39, 0.29) is 27.3 Å². The number of carbonyl (C=O) groups is 1. The van der Waals surface area contributed by atoms with Gasteiger partial charge in [0.1, 0.15) is 11.5 Å². The SMILES string of the molecule is Cc1cc(Cl)c(/C(Cl)=C/[C@@H](Nc2ccc(Cl)c(Cl)c2)[C@@H]2CCCCC2=O)c(=O)o1. The molecule has 0 unspecified atom stereocenters. The summed E-state index contributed by atoms with van der Waals surface area (Å²) in [7, 11) is 0. The average molecular weight is 475 g/mol. The van der Waals surface area contributed by atoms with E-state index in [0.29, 0.717) is 34.3 Å². The van der Waals surface area contributed by atoms with E-state index in [1.807, 2.05) is 0 Å². The molecule has 0 amide bonds. The number of Topliss-reactive ketones (excluding diaryl/α,β-unsaturated/α-hetero) is 1. The quantitative estimate of drug-likeness (QED) is 0.521. The zero-order valence-corrected chi connectivity index (χ0v) is 18.6. The van der Waals surface area contributed by atoms with Crippen molar-refractivity contribution in [3.8, 4) is 0 Å². The zero-order valence-electron chi connectivity index (χ0n) is 15.6. The number of anilines is 1. The van der Waals surface area contributed by atoms with Crippen molar-refractivity contribution in [1.82, 2.24) is 0 Å². The molecule has 1 aromatic carbocycles. The van der Waals surface area contributed by atoms with Gasteiger partial charge in [0.15, 0.2) is 0 Å². The van der Waals surface area contributed by atoms with Crippen LogP contribution in [-0.4, -0.2) is 11.8 Å². The van der Waals surface area contributed by atoms with E-state index in [1.165, 1.54) is 6.07 Å². The van der Waals surface area contributed by atoms with Crippen LogP contribution in [0.15, 0.2) is 39.6 Å². The molecule has 0 saturated heterocycles. The fourth-order valence-electron chi connectivity index (χ4n) is 3.45. The van der Waals surface area contributed by atoms with Crippen LogP contribution in [0.1, 0.15) is 37.0 Å². The lowest BCUT2D eigenvalue weighted by atomic mass is 9.82. The Labute approximate surface area is 188 Å². The maximum Gasteiger partial charge on any atom is 0.346 e. The van der Waals surface area contributed by atoms with E-state index in [4.69, 9.17) is 50.8 Å². The number of halogens is 4. The van der Waals surface area contributed by atoms with E-state index >= 15 is 0 Å². The summed E-state index contributed by atoms with van der Waals surface area (Å²) in [6.45, 7) is 1.63. The topological polar surface area (TPSA) is 59.3 Å². The van der Waals surface area contributed by atoms with Crippen LogP contribution in [-0.2, 0) is 4.79 Å². The van der Waals surface area contributed by atoms with Crippen LogP contribution in [0.3, 0.4) is 0 Å². The van der Waals surface area contributed by atoms with Gasteiger partial charge in [-0.25, -0.2) is 4.79 Å². The average Bonchev–Trinajstić information content (AvgIpc) is 2.64. The van der Waals surface area contributed by atoms with Crippen molar-refractivity contribution in [2.45, 2.75) is 38.6 Å². The number of aryl methyl sites for hydroxylation is 1. The van der Waals surface area contributed by atoms with Gasteiger partial charge in [-0.15, -0.1) is 0 Å². The lowest BCUT2D eigenvalue weighted by Crippen LogP contribution is -2.35. The van der Waals surface area contributed by atoms with Crippen molar-refractivity contribution >= 4 is 62.9 Å². The van der Waals surface area contributed by atoms with E-state index in [9.17, 15) is 9.59 Å². The van der Waals surface area contributed by atoms with Crippen molar-refractivity contribution in [1.29, 1.82) is 0 Å². The van der Waals surface area contributed by atoms with Crippen LogP contribution < -0.4 is 10.9 Å². The normalized spacial score (nSPS) is 18.6. The summed E-state index contributed by atoms with van der Waals surface area (Å²) in [6.07, 6.45) is 4.69. The molecule has 1 heterocycles. The molecular formula is C21H19Cl4NO3. The summed E-state index contributed by atoms with van der Waals surface area (Å²) < 4.78 is 5.12. The summed E-state index contributed by atoms with van der Waals surface area (Å²) in [5.74, 6) is 0.251. The van der Waals surface area contributed by atoms with E-state index in [0.717, 1.165) is 12.8 Å². The maximum atomic E-state index is 12.6. The Bertz CT molecular complexity index is 1020. The van der Waals surface area contributed by atoms with Crippen LogP contribution in [0.5, 0.6) is 0 Å². The molecule has 8 heteroatoms. The van der Waals surface area contributed by atoms with Crippen LogP contribution in [0.25, 0.3) is 5.03 Å². The largest absolute Gasteiger partial charge is 0.428 e. The fraction of sp³-hybridized carbons (Fsp3) is 0.333. The Hall–Kier alpha value is -1.46. The second kappa shape index (κ2) is 9.57. The Morgan fingerprint density at radius 1 is 1.14 bits per heavy atom. The van der Waals surface area contributed by atoms with Crippen LogP contribution >= 0.6 is 46.4 Å². The predicted molar refractivity (Wildman–Crippen MR) is 119 cm³/mol. The van der Waals surface area contributed by atoms with Crippen LogP contribution in [0.4, 0.5) is 5.69 Å². The fourth-order valence-corrected chi connectivity index (χ4v) is 4.45. The van der Waals surface area contributed by atoms with E-state index in [2.05, 4.69) is 5.32 Å². The molecule has 0 bridgehead atoms. The Morgan fingerprint density at radius 2 is 1.90 bits per heavy atom. The minimum Gasteiger partial charge on any atom is -0.428 e. The first-order valence-electron chi connectivity index (χ1n) is 9.18. The molecule has 1 aliphatic rings. The third-order valence-corrected chi connectivity index (χ3v) is 6.23. The van der Waals surface area contributed by atoms with Crippen molar-refractivity contribution < 1.29 is 9.21 Å². The maximum absolute atomic E-state index is 12.6. The zero-order chi connectivity index (χ0) is 21.1. The number of rotatable bonds is 5. The molecule has 1 N–H and O–H groups in total. The summed E-state index contributed by atoms with van der Waals surface area (Å²) >= 11 is 24.8. The minimum atomic E-state index is -0.625. The van der Waals surface area contributed by atoms with Crippen molar-refractivity contribution in [3.05, 3.63) is 67.2 Å². The summed E-state index contributed by atoms with van der Waals surface area (Å²) in [6, 6.07) is 6.19. The predicted octanol–water partition coefficient (Wildman–Crippen LogP) is 6.73. The van der Waals surface area contributed by atoms with Gasteiger partial charge in [-0.3, -0.25) is 4.79 Å². The molecule has 2 aromatic rings. The molecule has 1 saturated carbocycles. The highest BCUT2D eigenvalue weighted by atomic mass is 35.5. The van der Waals surface area contributed by atoms with Gasteiger partial charge >= 0.3 is 5.63 Å². The molecule has 1 fully saturated rings. The molecule has 4 nitrogen and oxygen atoms in total. The standard InChI is InChI=1S/C21H19Cl4NO3/c1-11-8-16(24)20(21(28)29-11)17(25)10-18(13-4-2-3-5-19(13)27)26-12-6-7-14(22)15(23)9-12/h6-10,13,18,26H,2-5H2,1H3/b17-10-/t13-,18+/m0/s1. The monoisotopic (exact) mass is 473 g/mol. The lowest BCUT2D eigenvalue weighted by molar-refractivity contribution is -0.124. The number of hydrogen-bond acceptors (Lipinski definition) is 4. The first-order chi connectivity index (χ1) is 13.8. The van der Waals surface area contributed by atoms with Crippen LogP contribution in [0, 0.1) is 12.8 Å². The summed E-state index contributed by atoms with van der Waals surface area (Å²) in [5, 5.41) is 4.44. The molecule has 1 aliphatic carbocycles. The van der Waals surface area contributed by atoms with Crippen molar-refractivity contribution in [2.24, 2.45) is 5.92 Å². The van der Waals surface area contributed by atoms with Crippen molar-refractivity contribution in [3.63, 3.8) is 0 Å². The second-order valence-corrected chi connectivity index (χ2v) is 8.63. The highest BCUT2D eigenvalue weighted by molar-refractivity contribution is 6.50. The van der Waals surface area contributed by atoms with Gasteiger partial charge in [0.2, 0.25) is 0 Å². The Balaban J connectivity index is 2.00. The highest BCUT2D eigenvalue weighted by Gasteiger charge is 2.30. The van der Waals surface area contributed by atoms with Gasteiger partial charge in [0.25, 0.3) is 0 Å². The van der Waals surface area contributed by atoms with Gasteiger partial charge in [-0.05, 0) is 50.1 Å². The molecule has 1 aromatic heterocycles. The lowest BCUT2D eigenvalue weighted by Gasteiger charge is -2.29. The first-order valence-corrected chi connectivity index (χ1v) is 10.7. The minimum absolute atomic E-state index is 0.0723. The highest BCUT2D eigenvalue weighted by Crippen LogP contribution is 2.32. The Kier molecular flexibility index (Phi) is 7.33. The molecule has 154 valence electrons. The number of hydrogen-bond donors (Lipinski definition) is 1. The second-order valence-electron chi connectivity index (χ2n) is 7.00. The molecule has 3 rings (SSSR count). The first kappa shape index (κ1) is 22.2. The molecule has 0 spiro atoms.